The fourth-order valence-electron chi connectivity index (χ4n) is 2.01. The summed E-state index contributed by atoms with van der Waals surface area (Å²) in [5.41, 5.74) is 1.77. The van der Waals surface area contributed by atoms with Crippen LogP contribution in [0.15, 0.2) is 24.3 Å². The van der Waals surface area contributed by atoms with E-state index in [1.807, 2.05) is 35.9 Å². The predicted molar refractivity (Wildman–Crippen MR) is 79.5 cm³/mol. The molecule has 1 heterocycles. The molecule has 0 aliphatic heterocycles. The second-order valence-electron chi connectivity index (χ2n) is 4.52. The van der Waals surface area contributed by atoms with Crippen LogP contribution in [-0.2, 0) is 23.3 Å². The molecular formula is C13H20N4O2S. The lowest BCUT2D eigenvalue weighted by atomic mass is 10.2. The molecule has 0 saturated carbocycles. The van der Waals surface area contributed by atoms with Crippen molar-refractivity contribution in [2.45, 2.75) is 26.9 Å². The van der Waals surface area contributed by atoms with Crippen LogP contribution in [0.1, 0.15) is 19.5 Å². The van der Waals surface area contributed by atoms with Gasteiger partial charge < -0.3 is 0 Å². The number of hydrogen-bond acceptors (Lipinski definition) is 3. The number of nitrogens with zero attached hydrogens (tertiary/aromatic N) is 3. The Balaban J connectivity index is 2.27. The third-order valence-electron chi connectivity index (χ3n) is 3.31. The Hall–Kier alpha value is -1.44. The van der Waals surface area contributed by atoms with E-state index in [-0.39, 0.29) is 6.54 Å². The van der Waals surface area contributed by atoms with E-state index in [0.29, 0.717) is 6.54 Å². The summed E-state index contributed by atoms with van der Waals surface area (Å²) < 4.78 is 29.6. The Bertz CT molecular complexity index is 693. The first-order valence-electron chi connectivity index (χ1n) is 6.65. The Morgan fingerprint density at radius 3 is 2.65 bits per heavy atom. The monoisotopic (exact) mass is 296 g/mol. The lowest BCUT2D eigenvalue weighted by molar-refractivity contribution is 0.472. The van der Waals surface area contributed by atoms with Crippen LogP contribution in [0.4, 0.5) is 0 Å². The molecule has 1 N–H and O–H groups in total. The first-order chi connectivity index (χ1) is 9.49. The first kappa shape index (κ1) is 15.0. The van der Waals surface area contributed by atoms with Crippen molar-refractivity contribution in [3.63, 3.8) is 0 Å². The largest absolute Gasteiger partial charge is 0.279 e. The molecule has 7 heteroatoms. The van der Waals surface area contributed by atoms with Crippen LogP contribution in [-0.4, -0.2) is 36.1 Å². The smallest absolute Gasteiger partial charge is 0.265 e. The van der Waals surface area contributed by atoms with Gasteiger partial charge in [0, 0.05) is 25.5 Å². The maximum Gasteiger partial charge on any atom is 0.279 e. The molecule has 1 aromatic carbocycles. The lowest BCUT2D eigenvalue weighted by Gasteiger charge is -2.14. The summed E-state index contributed by atoms with van der Waals surface area (Å²) in [6.45, 7) is 5.18. The zero-order chi connectivity index (χ0) is 14.8. The lowest BCUT2D eigenvalue weighted by Crippen LogP contribution is -2.37. The number of hydrogen-bond donors (Lipinski definition) is 1. The summed E-state index contributed by atoms with van der Waals surface area (Å²) >= 11 is 0. The topological polar surface area (TPSA) is 67.2 Å². The van der Waals surface area contributed by atoms with E-state index in [4.69, 9.17) is 0 Å². The fraction of sp³-hybridized carbons (Fsp3) is 0.462. The van der Waals surface area contributed by atoms with Crippen molar-refractivity contribution < 1.29 is 8.42 Å². The standard InChI is InChI=1S/C13H20N4O2S/c1-4-16(3)20(18,19)14-10-12-11-8-6-7-9-13(11)17(5-2)15-12/h6-9,14H,4-5,10H2,1-3H3. The minimum Gasteiger partial charge on any atom is -0.265 e. The van der Waals surface area contributed by atoms with E-state index >= 15 is 0 Å². The fourth-order valence-corrected chi connectivity index (χ4v) is 2.89. The molecule has 110 valence electrons. The second-order valence-corrected chi connectivity index (χ2v) is 6.38. The summed E-state index contributed by atoms with van der Waals surface area (Å²) in [5.74, 6) is 0. The van der Waals surface area contributed by atoms with Crippen molar-refractivity contribution >= 4 is 21.1 Å². The van der Waals surface area contributed by atoms with Gasteiger partial charge in [-0.05, 0) is 13.0 Å². The third kappa shape index (κ3) is 2.84. The molecule has 0 amide bonds. The molecule has 0 aliphatic rings. The molecule has 6 nitrogen and oxygen atoms in total. The quantitative estimate of drug-likeness (QED) is 0.875. The van der Waals surface area contributed by atoms with E-state index in [1.165, 1.54) is 4.31 Å². The highest BCUT2D eigenvalue weighted by molar-refractivity contribution is 7.87. The summed E-state index contributed by atoms with van der Waals surface area (Å²) in [4.78, 5) is 0. The summed E-state index contributed by atoms with van der Waals surface area (Å²) in [5, 5.41) is 5.45. The minimum absolute atomic E-state index is 0.195. The van der Waals surface area contributed by atoms with Crippen LogP contribution < -0.4 is 4.72 Å². The molecule has 2 aromatic rings. The number of rotatable bonds is 6. The molecule has 1 aromatic heterocycles. The molecule has 0 unspecified atom stereocenters. The Morgan fingerprint density at radius 2 is 2.00 bits per heavy atom. The van der Waals surface area contributed by atoms with Gasteiger partial charge in [0.15, 0.2) is 0 Å². The maximum atomic E-state index is 11.9. The highest BCUT2D eigenvalue weighted by Crippen LogP contribution is 2.18. The Labute approximate surface area is 119 Å². The van der Waals surface area contributed by atoms with Crippen LogP contribution in [0.25, 0.3) is 10.9 Å². The number of aromatic nitrogens is 2. The minimum atomic E-state index is -3.44. The van der Waals surface area contributed by atoms with Gasteiger partial charge in [0.2, 0.25) is 0 Å². The molecular weight excluding hydrogens is 276 g/mol. The van der Waals surface area contributed by atoms with Gasteiger partial charge in [-0.25, -0.2) is 0 Å². The van der Waals surface area contributed by atoms with E-state index < -0.39 is 10.2 Å². The van der Waals surface area contributed by atoms with Gasteiger partial charge in [-0.15, -0.1) is 0 Å². The average molecular weight is 296 g/mol. The molecule has 0 fully saturated rings. The van der Waals surface area contributed by atoms with Gasteiger partial charge >= 0.3 is 0 Å². The van der Waals surface area contributed by atoms with Gasteiger partial charge in [-0.3, -0.25) is 4.68 Å². The van der Waals surface area contributed by atoms with Gasteiger partial charge in [0.05, 0.1) is 17.8 Å². The van der Waals surface area contributed by atoms with Crippen LogP contribution in [0, 0.1) is 0 Å². The third-order valence-corrected chi connectivity index (χ3v) is 4.90. The number of aryl methyl sites for hydroxylation is 1. The van der Waals surface area contributed by atoms with Crippen LogP contribution in [0.2, 0.25) is 0 Å². The molecule has 0 bridgehead atoms. The van der Waals surface area contributed by atoms with Gasteiger partial charge in [-0.2, -0.15) is 22.5 Å². The predicted octanol–water partition coefficient (Wildman–Crippen LogP) is 1.34. The number of fused-ring (bicyclic) bond motifs is 1. The van der Waals surface area contributed by atoms with Crippen molar-refractivity contribution in [3.05, 3.63) is 30.0 Å². The first-order valence-corrected chi connectivity index (χ1v) is 8.09. The van der Waals surface area contributed by atoms with Crippen molar-refractivity contribution in [3.8, 4) is 0 Å². The van der Waals surface area contributed by atoms with Gasteiger partial charge in [0.1, 0.15) is 0 Å². The highest BCUT2D eigenvalue weighted by Gasteiger charge is 2.17. The van der Waals surface area contributed by atoms with E-state index in [0.717, 1.165) is 23.1 Å². The second kappa shape index (κ2) is 5.90. The number of benzene rings is 1. The zero-order valence-corrected chi connectivity index (χ0v) is 12.8. The van der Waals surface area contributed by atoms with E-state index in [1.54, 1.807) is 14.0 Å². The van der Waals surface area contributed by atoms with E-state index in [2.05, 4.69) is 9.82 Å². The SMILES string of the molecule is CCN(C)S(=O)(=O)NCc1nn(CC)c2ccccc12. The molecule has 0 atom stereocenters. The number of para-hydroxylation sites is 1. The average Bonchev–Trinajstić information content (AvgIpc) is 2.82. The molecule has 0 radical (unpaired) electrons. The number of nitrogens with one attached hydrogen (secondary N) is 1. The van der Waals surface area contributed by atoms with Crippen molar-refractivity contribution in [2.24, 2.45) is 0 Å². The van der Waals surface area contributed by atoms with Crippen LogP contribution >= 0.6 is 0 Å². The van der Waals surface area contributed by atoms with Gasteiger partial charge in [0.25, 0.3) is 10.2 Å². The van der Waals surface area contributed by atoms with Crippen molar-refractivity contribution in [2.75, 3.05) is 13.6 Å². The molecule has 2 rings (SSSR count). The van der Waals surface area contributed by atoms with Crippen molar-refractivity contribution in [1.82, 2.24) is 18.8 Å². The molecule has 20 heavy (non-hydrogen) atoms. The van der Waals surface area contributed by atoms with Crippen molar-refractivity contribution in [1.29, 1.82) is 0 Å². The van der Waals surface area contributed by atoms with Gasteiger partial charge in [-0.1, -0.05) is 25.1 Å². The normalized spacial score (nSPS) is 12.4. The Kier molecular flexibility index (Phi) is 4.42. The zero-order valence-electron chi connectivity index (χ0n) is 12.0. The summed E-state index contributed by atoms with van der Waals surface area (Å²) in [7, 11) is -1.89. The maximum absolute atomic E-state index is 11.9. The van der Waals surface area contributed by atoms with Crippen LogP contribution in [0.3, 0.4) is 0 Å². The van der Waals surface area contributed by atoms with E-state index in [9.17, 15) is 8.42 Å². The molecule has 0 saturated heterocycles. The highest BCUT2D eigenvalue weighted by atomic mass is 32.2. The Morgan fingerprint density at radius 1 is 1.30 bits per heavy atom. The van der Waals surface area contributed by atoms with Crippen LogP contribution in [0.5, 0.6) is 0 Å². The molecule has 0 spiro atoms. The summed E-state index contributed by atoms with van der Waals surface area (Å²) in [6.07, 6.45) is 0. The summed E-state index contributed by atoms with van der Waals surface area (Å²) in [6, 6.07) is 7.83. The molecule has 0 aliphatic carbocycles.